The fourth-order valence-corrected chi connectivity index (χ4v) is 3.63. The maximum atomic E-state index is 12.2. The van der Waals surface area contributed by atoms with Gasteiger partial charge in [-0.25, -0.2) is 4.79 Å². The molecule has 0 fully saturated rings. The van der Waals surface area contributed by atoms with E-state index in [1.807, 2.05) is 0 Å². The summed E-state index contributed by atoms with van der Waals surface area (Å²) in [5.74, 6) is 0.412. The third kappa shape index (κ3) is 4.03. The molecular formula is C14H8BrCl2IO3. The lowest BCUT2D eigenvalue weighted by Crippen LogP contribution is -2.09. The molecule has 0 saturated heterocycles. The highest BCUT2D eigenvalue weighted by Gasteiger charge is 2.16. The Labute approximate surface area is 153 Å². The van der Waals surface area contributed by atoms with E-state index < -0.39 is 5.97 Å². The minimum absolute atomic E-state index is 0.233. The lowest BCUT2D eigenvalue weighted by molar-refractivity contribution is 0.0733. The third-order valence-electron chi connectivity index (χ3n) is 2.55. The molecule has 110 valence electrons. The summed E-state index contributed by atoms with van der Waals surface area (Å²) < 4.78 is 11.8. The second-order valence-electron chi connectivity index (χ2n) is 3.94. The average molecular weight is 502 g/mol. The van der Waals surface area contributed by atoms with E-state index in [2.05, 4.69) is 38.5 Å². The van der Waals surface area contributed by atoms with Gasteiger partial charge in [0.2, 0.25) is 0 Å². The third-order valence-corrected chi connectivity index (χ3v) is 4.48. The van der Waals surface area contributed by atoms with Crippen molar-refractivity contribution in [1.82, 2.24) is 0 Å². The highest BCUT2D eigenvalue weighted by atomic mass is 127. The zero-order valence-corrected chi connectivity index (χ0v) is 15.9. The number of esters is 1. The Morgan fingerprint density at radius 2 is 1.95 bits per heavy atom. The first-order chi connectivity index (χ1) is 9.92. The van der Waals surface area contributed by atoms with E-state index in [-0.39, 0.29) is 10.8 Å². The molecule has 0 bridgehead atoms. The molecule has 0 spiro atoms. The van der Waals surface area contributed by atoms with E-state index in [1.54, 1.807) is 31.4 Å². The number of carbonyl (C=O) groups excluding carboxylic acids is 1. The van der Waals surface area contributed by atoms with Crippen LogP contribution < -0.4 is 9.47 Å². The van der Waals surface area contributed by atoms with Crippen LogP contribution in [-0.4, -0.2) is 13.1 Å². The lowest BCUT2D eigenvalue weighted by Gasteiger charge is -2.10. The summed E-state index contributed by atoms with van der Waals surface area (Å²) in [6.45, 7) is 0. The van der Waals surface area contributed by atoms with Crippen molar-refractivity contribution in [3.8, 4) is 11.5 Å². The largest absolute Gasteiger partial charge is 0.496 e. The number of methoxy groups -OCH3 is 1. The molecule has 0 N–H and O–H groups in total. The van der Waals surface area contributed by atoms with Crippen molar-refractivity contribution in [2.45, 2.75) is 0 Å². The fourth-order valence-electron chi connectivity index (χ4n) is 1.57. The van der Waals surface area contributed by atoms with E-state index in [1.165, 1.54) is 6.07 Å². The molecule has 0 amide bonds. The quantitative estimate of drug-likeness (QED) is 0.312. The van der Waals surface area contributed by atoms with Crippen LogP contribution in [0.25, 0.3) is 0 Å². The molecule has 0 saturated carbocycles. The Balaban J connectivity index is 2.28. The Morgan fingerprint density at radius 3 is 2.52 bits per heavy atom. The van der Waals surface area contributed by atoms with Gasteiger partial charge in [0.1, 0.15) is 5.75 Å². The van der Waals surface area contributed by atoms with Gasteiger partial charge in [0, 0.05) is 5.02 Å². The number of carbonyl (C=O) groups is 1. The number of ether oxygens (including phenoxy) is 2. The molecule has 0 atom stereocenters. The van der Waals surface area contributed by atoms with Gasteiger partial charge in [-0.2, -0.15) is 0 Å². The first kappa shape index (κ1) is 16.9. The van der Waals surface area contributed by atoms with Crippen molar-refractivity contribution in [1.29, 1.82) is 0 Å². The van der Waals surface area contributed by atoms with Gasteiger partial charge >= 0.3 is 5.97 Å². The van der Waals surface area contributed by atoms with Gasteiger partial charge in [-0.05, 0) is 68.9 Å². The summed E-state index contributed by atoms with van der Waals surface area (Å²) in [5.41, 5.74) is 0.401. The van der Waals surface area contributed by atoms with E-state index in [0.29, 0.717) is 20.8 Å². The van der Waals surface area contributed by atoms with Crippen LogP contribution in [-0.2, 0) is 0 Å². The molecule has 0 aromatic heterocycles. The molecule has 0 heterocycles. The highest BCUT2D eigenvalue weighted by molar-refractivity contribution is 14.1. The van der Waals surface area contributed by atoms with Crippen molar-refractivity contribution < 1.29 is 14.3 Å². The van der Waals surface area contributed by atoms with E-state index in [9.17, 15) is 4.79 Å². The number of halogens is 4. The van der Waals surface area contributed by atoms with Crippen molar-refractivity contribution in [3.05, 3.63) is 54.0 Å². The zero-order chi connectivity index (χ0) is 15.6. The van der Waals surface area contributed by atoms with Crippen LogP contribution in [0, 0.1) is 3.57 Å². The number of hydrogen-bond donors (Lipinski definition) is 0. The Morgan fingerprint density at radius 1 is 1.24 bits per heavy atom. The summed E-state index contributed by atoms with van der Waals surface area (Å²) >= 11 is 17.2. The maximum absolute atomic E-state index is 12.2. The summed E-state index contributed by atoms with van der Waals surface area (Å²) in [6.07, 6.45) is 0. The average Bonchev–Trinajstić information content (AvgIpc) is 2.42. The number of rotatable bonds is 3. The highest BCUT2D eigenvalue weighted by Crippen LogP contribution is 2.36. The van der Waals surface area contributed by atoms with Crippen LogP contribution in [0.2, 0.25) is 10.0 Å². The lowest BCUT2D eigenvalue weighted by atomic mass is 10.2. The summed E-state index contributed by atoms with van der Waals surface area (Å²) in [5, 5.41) is 0.705. The summed E-state index contributed by atoms with van der Waals surface area (Å²) in [6, 6.07) is 8.12. The van der Waals surface area contributed by atoms with Gasteiger partial charge in [-0.15, -0.1) is 0 Å². The Hall–Kier alpha value is -0.500. The minimum Gasteiger partial charge on any atom is -0.496 e. The standard InChI is InChI=1S/C14H8BrCl2IO3/c1-20-12-3-2-7(4-11(12)18)14(19)21-13-9(15)5-8(16)6-10(13)17/h2-6H,1H3. The second kappa shape index (κ2) is 7.17. The number of hydrogen-bond acceptors (Lipinski definition) is 3. The van der Waals surface area contributed by atoms with Gasteiger partial charge in [0.25, 0.3) is 0 Å². The van der Waals surface area contributed by atoms with Crippen LogP contribution in [0.4, 0.5) is 0 Å². The topological polar surface area (TPSA) is 35.5 Å². The molecule has 2 rings (SSSR count). The Kier molecular flexibility index (Phi) is 5.76. The predicted octanol–water partition coefficient (Wildman–Crippen LogP) is 5.59. The monoisotopic (exact) mass is 500 g/mol. The molecule has 3 nitrogen and oxygen atoms in total. The van der Waals surface area contributed by atoms with Gasteiger partial charge in [0.05, 0.1) is 25.7 Å². The van der Waals surface area contributed by atoms with Crippen LogP contribution in [0.15, 0.2) is 34.8 Å². The first-order valence-electron chi connectivity index (χ1n) is 5.62. The van der Waals surface area contributed by atoms with Crippen LogP contribution in [0.3, 0.4) is 0 Å². The van der Waals surface area contributed by atoms with Crippen molar-refractivity contribution >= 4 is 67.7 Å². The smallest absolute Gasteiger partial charge is 0.343 e. The van der Waals surface area contributed by atoms with E-state index >= 15 is 0 Å². The molecule has 2 aromatic rings. The van der Waals surface area contributed by atoms with Gasteiger partial charge < -0.3 is 9.47 Å². The van der Waals surface area contributed by atoms with Crippen LogP contribution in [0.1, 0.15) is 10.4 Å². The maximum Gasteiger partial charge on any atom is 0.343 e. The molecular weight excluding hydrogens is 494 g/mol. The molecule has 0 aliphatic carbocycles. The van der Waals surface area contributed by atoms with Crippen molar-refractivity contribution in [2.75, 3.05) is 7.11 Å². The summed E-state index contributed by atoms with van der Waals surface area (Å²) in [7, 11) is 1.57. The molecule has 21 heavy (non-hydrogen) atoms. The van der Waals surface area contributed by atoms with E-state index in [4.69, 9.17) is 32.7 Å². The van der Waals surface area contributed by atoms with Crippen LogP contribution >= 0.6 is 61.7 Å². The Bertz CT molecular complexity index is 684. The number of benzene rings is 2. The van der Waals surface area contributed by atoms with Gasteiger partial charge in [-0.1, -0.05) is 23.2 Å². The van der Waals surface area contributed by atoms with Crippen molar-refractivity contribution in [3.63, 3.8) is 0 Å². The molecule has 0 aliphatic heterocycles. The van der Waals surface area contributed by atoms with Gasteiger partial charge in [0.15, 0.2) is 5.75 Å². The van der Waals surface area contributed by atoms with Gasteiger partial charge in [-0.3, -0.25) is 0 Å². The molecule has 7 heteroatoms. The van der Waals surface area contributed by atoms with Crippen LogP contribution in [0.5, 0.6) is 11.5 Å². The fraction of sp³-hybridized carbons (Fsp3) is 0.0714. The summed E-state index contributed by atoms with van der Waals surface area (Å²) in [4.78, 5) is 12.2. The predicted molar refractivity (Wildman–Crippen MR) is 94.8 cm³/mol. The SMILES string of the molecule is COc1ccc(C(=O)Oc2c(Cl)cc(Cl)cc2Br)cc1I. The molecule has 0 radical (unpaired) electrons. The normalized spacial score (nSPS) is 10.3. The van der Waals surface area contributed by atoms with E-state index in [0.717, 1.165) is 3.57 Å². The molecule has 0 unspecified atom stereocenters. The minimum atomic E-state index is -0.513. The van der Waals surface area contributed by atoms with Crippen molar-refractivity contribution in [2.24, 2.45) is 0 Å². The first-order valence-corrected chi connectivity index (χ1v) is 8.25. The second-order valence-corrected chi connectivity index (χ2v) is 6.80. The zero-order valence-electron chi connectivity index (χ0n) is 10.6. The molecule has 0 aliphatic rings. The molecule has 2 aromatic carbocycles.